The van der Waals surface area contributed by atoms with E-state index in [1.807, 2.05) is 61.5 Å². The van der Waals surface area contributed by atoms with Gasteiger partial charge in [0.15, 0.2) is 5.43 Å². The molecule has 172 valence electrons. The maximum absolute atomic E-state index is 13.6. The van der Waals surface area contributed by atoms with Crippen molar-refractivity contribution in [3.8, 4) is 5.75 Å². The Bertz CT molecular complexity index is 1610. The van der Waals surface area contributed by atoms with Gasteiger partial charge in [-0.25, -0.2) is 0 Å². The van der Waals surface area contributed by atoms with Gasteiger partial charge in [-0.1, -0.05) is 65.9 Å². The van der Waals surface area contributed by atoms with Gasteiger partial charge in [0.05, 0.1) is 17.0 Å². The van der Waals surface area contributed by atoms with Crippen LogP contribution in [0.1, 0.15) is 38.3 Å². The summed E-state index contributed by atoms with van der Waals surface area (Å²) in [5, 5.41) is 9.83. The van der Waals surface area contributed by atoms with Gasteiger partial charge in [-0.15, -0.1) is 10.2 Å². The van der Waals surface area contributed by atoms with Crippen LogP contribution < -0.4 is 15.1 Å². The highest BCUT2D eigenvalue weighted by atomic mass is 32.1. The molecule has 0 spiro atoms. The molecule has 1 aliphatic heterocycles. The smallest absolute Gasteiger partial charge is 0.297 e. The molecule has 7 nitrogen and oxygen atoms in total. The first-order valence-electron chi connectivity index (χ1n) is 11.1. The van der Waals surface area contributed by atoms with Gasteiger partial charge in [-0.05, 0) is 42.3 Å². The average Bonchev–Trinajstić information content (AvgIpc) is 3.44. The molecule has 0 saturated carbocycles. The molecule has 6 rings (SSSR count). The summed E-state index contributed by atoms with van der Waals surface area (Å²) >= 11 is 1.29. The van der Waals surface area contributed by atoms with Gasteiger partial charge in [-0.3, -0.25) is 14.5 Å². The first kappa shape index (κ1) is 21.2. The largest absolute Gasteiger partial charge is 0.489 e. The Labute approximate surface area is 204 Å². The number of amides is 1. The third-order valence-corrected chi connectivity index (χ3v) is 6.78. The summed E-state index contributed by atoms with van der Waals surface area (Å²) < 4.78 is 11.9. The topological polar surface area (TPSA) is 85.5 Å². The number of fused-ring (bicyclic) bond motifs is 2. The van der Waals surface area contributed by atoms with E-state index in [9.17, 15) is 9.59 Å². The number of carbonyl (C=O) groups excluding carboxylic acids is 1. The Kier molecular flexibility index (Phi) is 5.15. The van der Waals surface area contributed by atoms with E-state index in [2.05, 4.69) is 10.2 Å². The lowest BCUT2D eigenvalue weighted by Crippen LogP contribution is -2.29. The zero-order valence-electron chi connectivity index (χ0n) is 18.7. The quantitative estimate of drug-likeness (QED) is 0.339. The van der Waals surface area contributed by atoms with Crippen molar-refractivity contribution in [3.05, 3.63) is 117 Å². The molecule has 8 heteroatoms. The van der Waals surface area contributed by atoms with Crippen molar-refractivity contribution in [1.29, 1.82) is 0 Å². The van der Waals surface area contributed by atoms with E-state index in [1.54, 1.807) is 24.3 Å². The molecule has 0 unspecified atom stereocenters. The molecule has 0 aliphatic carbocycles. The van der Waals surface area contributed by atoms with Gasteiger partial charge < -0.3 is 9.15 Å². The van der Waals surface area contributed by atoms with Crippen molar-refractivity contribution in [2.75, 3.05) is 4.90 Å². The summed E-state index contributed by atoms with van der Waals surface area (Å²) in [6, 6.07) is 23.6. The summed E-state index contributed by atoms with van der Waals surface area (Å²) in [5.41, 5.74) is 2.27. The fraction of sp³-hybridized carbons (Fsp3) is 0.111. The van der Waals surface area contributed by atoms with E-state index in [0.29, 0.717) is 34.0 Å². The first-order valence-corrected chi connectivity index (χ1v) is 11.9. The predicted molar refractivity (Wildman–Crippen MR) is 133 cm³/mol. The van der Waals surface area contributed by atoms with Gasteiger partial charge in [0.1, 0.15) is 22.9 Å². The summed E-state index contributed by atoms with van der Waals surface area (Å²) in [6.07, 6.45) is 0. The fourth-order valence-electron chi connectivity index (χ4n) is 4.30. The van der Waals surface area contributed by atoms with Crippen LogP contribution in [0.5, 0.6) is 5.75 Å². The second-order valence-corrected chi connectivity index (χ2v) is 9.35. The van der Waals surface area contributed by atoms with E-state index < -0.39 is 11.9 Å². The SMILES string of the molecule is Cc1nnc(N2C(=O)c3oc4ccccc4c(=O)c3[C@@H]2c2ccc(OCc3ccccc3)cc2)s1. The fourth-order valence-corrected chi connectivity index (χ4v) is 5.02. The molecule has 0 saturated heterocycles. The molecule has 1 atom stereocenters. The zero-order chi connectivity index (χ0) is 23.9. The molecule has 0 radical (unpaired) electrons. The van der Waals surface area contributed by atoms with Crippen LogP contribution in [0.25, 0.3) is 11.0 Å². The second-order valence-electron chi connectivity index (χ2n) is 8.19. The van der Waals surface area contributed by atoms with Crippen molar-refractivity contribution in [1.82, 2.24) is 10.2 Å². The maximum Gasteiger partial charge on any atom is 0.297 e. The molecule has 1 aliphatic rings. The Morgan fingerprint density at radius 1 is 0.943 bits per heavy atom. The molecule has 0 bridgehead atoms. The molecule has 3 heterocycles. The van der Waals surface area contributed by atoms with E-state index >= 15 is 0 Å². The van der Waals surface area contributed by atoms with Crippen LogP contribution in [0.3, 0.4) is 0 Å². The third kappa shape index (κ3) is 3.68. The number of aryl methyl sites for hydroxylation is 1. The van der Waals surface area contributed by atoms with Gasteiger partial charge in [0.25, 0.3) is 5.91 Å². The number of ether oxygens (including phenoxy) is 1. The maximum atomic E-state index is 13.6. The highest BCUT2D eigenvalue weighted by Crippen LogP contribution is 2.42. The van der Waals surface area contributed by atoms with Gasteiger partial charge in [0, 0.05) is 0 Å². The summed E-state index contributed by atoms with van der Waals surface area (Å²) in [4.78, 5) is 28.6. The van der Waals surface area contributed by atoms with E-state index in [1.165, 1.54) is 16.2 Å². The Morgan fingerprint density at radius 3 is 2.43 bits per heavy atom. The number of benzene rings is 3. The first-order chi connectivity index (χ1) is 17.1. The number of para-hydroxylation sites is 1. The van der Waals surface area contributed by atoms with Crippen LogP contribution in [0, 0.1) is 6.92 Å². The Morgan fingerprint density at radius 2 is 1.69 bits per heavy atom. The lowest BCUT2D eigenvalue weighted by molar-refractivity contribution is 0.0970. The monoisotopic (exact) mass is 481 g/mol. The van der Waals surface area contributed by atoms with Crippen LogP contribution in [0.2, 0.25) is 0 Å². The van der Waals surface area contributed by atoms with Crippen LogP contribution in [-0.4, -0.2) is 16.1 Å². The molecule has 5 aromatic rings. The lowest BCUT2D eigenvalue weighted by Gasteiger charge is -2.22. The molecule has 35 heavy (non-hydrogen) atoms. The number of hydrogen-bond acceptors (Lipinski definition) is 7. The average molecular weight is 482 g/mol. The molecule has 0 fully saturated rings. The number of hydrogen-bond donors (Lipinski definition) is 0. The lowest BCUT2D eigenvalue weighted by atomic mass is 9.98. The van der Waals surface area contributed by atoms with Crippen LogP contribution in [-0.2, 0) is 6.61 Å². The Hall–Kier alpha value is -4.30. The van der Waals surface area contributed by atoms with Crippen molar-refractivity contribution in [2.45, 2.75) is 19.6 Å². The number of nitrogens with zero attached hydrogens (tertiary/aromatic N) is 3. The summed E-state index contributed by atoms with van der Waals surface area (Å²) in [6.45, 7) is 2.26. The highest BCUT2D eigenvalue weighted by Gasteiger charge is 2.45. The normalized spacial score (nSPS) is 14.9. The molecular formula is C27H19N3O4S. The minimum atomic E-state index is -0.686. The van der Waals surface area contributed by atoms with Gasteiger partial charge >= 0.3 is 0 Å². The minimum absolute atomic E-state index is 0.0379. The number of carbonyl (C=O) groups is 1. The Balaban J connectivity index is 1.43. The number of aromatic nitrogens is 2. The second kappa shape index (κ2) is 8.48. The molecule has 1 amide bonds. The highest BCUT2D eigenvalue weighted by molar-refractivity contribution is 7.15. The van der Waals surface area contributed by atoms with Crippen molar-refractivity contribution in [2.24, 2.45) is 0 Å². The number of anilines is 1. The zero-order valence-corrected chi connectivity index (χ0v) is 19.5. The van der Waals surface area contributed by atoms with E-state index in [0.717, 1.165) is 16.1 Å². The van der Waals surface area contributed by atoms with Crippen molar-refractivity contribution in [3.63, 3.8) is 0 Å². The molecule has 3 aromatic carbocycles. The molecule has 2 aromatic heterocycles. The molecule has 0 N–H and O–H groups in total. The molecular weight excluding hydrogens is 462 g/mol. The van der Waals surface area contributed by atoms with E-state index in [4.69, 9.17) is 9.15 Å². The predicted octanol–water partition coefficient (Wildman–Crippen LogP) is 5.28. The minimum Gasteiger partial charge on any atom is -0.489 e. The number of rotatable bonds is 5. The van der Waals surface area contributed by atoms with Crippen LogP contribution in [0.4, 0.5) is 5.13 Å². The van der Waals surface area contributed by atoms with Gasteiger partial charge in [0.2, 0.25) is 10.9 Å². The van der Waals surface area contributed by atoms with E-state index in [-0.39, 0.29) is 11.2 Å². The third-order valence-electron chi connectivity index (χ3n) is 5.94. The van der Waals surface area contributed by atoms with Gasteiger partial charge in [-0.2, -0.15) is 0 Å². The van der Waals surface area contributed by atoms with Crippen molar-refractivity contribution < 1.29 is 13.9 Å². The summed E-state index contributed by atoms with van der Waals surface area (Å²) in [5.74, 6) is 0.315. The van der Waals surface area contributed by atoms with Crippen LogP contribution in [0.15, 0.2) is 88.1 Å². The summed E-state index contributed by atoms with van der Waals surface area (Å²) in [7, 11) is 0. The van der Waals surface area contributed by atoms with Crippen molar-refractivity contribution >= 4 is 33.3 Å². The standard InChI is InChI=1S/C27H19N3O4S/c1-16-28-29-27(35-16)30-23(18-11-13-19(14-12-18)33-15-17-7-3-2-4-8-17)22-24(31)20-9-5-6-10-21(20)34-25(22)26(30)32/h2-14,23H,15H2,1H3/t23-/m0/s1. The van der Waals surface area contributed by atoms with Crippen LogP contribution >= 0.6 is 11.3 Å².